The van der Waals surface area contributed by atoms with Gasteiger partial charge >= 0.3 is 11.9 Å². The number of hydrogen-bond donors (Lipinski definition) is 0. The Bertz CT molecular complexity index is 646. The third-order valence-electron chi connectivity index (χ3n) is 4.59. The van der Waals surface area contributed by atoms with Gasteiger partial charge in [0.25, 0.3) is 0 Å². The van der Waals surface area contributed by atoms with Crippen molar-refractivity contribution < 1.29 is 28.5 Å². The molecule has 1 aliphatic rings. The van der Waals surface area contributed by atoms with E-state index in [-0.39, 0.29) is 13.2 Å². The summed E-state index contributed by atoms with van der Waals surface area (Å²) in [5.74, 6) is -0.346. The number of para-hydroxylation sites is 1. The summed E-state index contributed by atoms with van der Waals surface area (Å²) < 4.78 is 21.0. The van der Waals surface area contributed by atoms with Gasteiger partial charge in [0.05, 0.1) is 34.0 Å². The minimum absolute atomic E-state index is 0.161. The summed E-state index contributed by atoms with van der Waals surface area (Å²) in [7, 11) is 3.11. The van der Waals surface area contributed by atoms with E-state index in [0.29, 0.717) is 18.0 Å². The first-order chi connectivity index (χ1) is 13.6. The molecule has 0 N–H and O–H groups in total. The molecule has 28 heavy (non-hydrogen) atoms. The van der Waals surface area contributed by atoms with Crippen LogP contribution < -0.4 is 9.47 Å². The highest BCUT2D eigenvalue weighted by Gasteiger charge is 2.25. The van der Waals surface area contributed by atoms with Crippen molar-refractivity contribution >= 4 is 11.9 Å². The van der Waals surface area contributed by atoms with E-state index < -0.39 is 11.9 Å². The first-order valence-electron chi connectivity index (χ1n) is 9.56. The Kier molecular flexibility index (Phi) is 9.03. The fourth-order valence-electron chi connectivity index (χ4n) is 3.17. The topological polar surface area (TPSA) is 77.5 Å². The van der Waals surface area contributed by atoms with Crippen molar-refractivity contribution in [1.29, 1.82) is 0 Å². The Morgan fingerprint density at radius 3 is 2.57 bits per heavy atom. The molecular formula is C20H30N2O6. The highest BCUT2D eigenvalue weighted by Crippen LogP contribution is 2.31. The monoisotopic (exact) mass is 394 g/mol. The Morgan fingerprint density at radius 1 is 1.18 bits per heavy atom. The number of hydrogen-bond acceptors (Lipinski definition) is 7. The van der Waals surface area contributed by atoms with Gasteiger partial charge in [-0.05, 0) is 19.4 Å². The summed E-state index contributed by atoms with van der Waals surface area (Å²) in [5.41, 5.74) is 0.769. The molecule has 1 heterocycles. The molecule has 2 rings (SSSR count). The molecule has 1 aromatic carbocycles. The molecule has 0 radical (unpaired) electrons. The number of carbonyl (C=O) groups is 2. The Balaban J connectivity index is 2.09. The van der Waals surface area contributed by atoms with E-state index in [2.05, 4.69) is 4.90 Å². The average Bonchev–Trinajstić information content (AvgIpc) is 2.73. The summed E-state index contributed by atoms with van der Waals surface area (Å²) in [6.07, 6.45) is 0.747. The van der Waals surface area contributed by atoms with Gasteiger partial charge in [0.15, 0.2) is 11.5 Å². The Labute approximate surface area is 166 Å². The zero-order valence-corrected chi connectivity index (χ0v) is 16.9. The van der Waals surface area contributed by atoms with E-state index in [0.717, 1.165) is 44.8 Å². The number of amides is 1. The highest BCUT2D eigenvalue weighted by molar-refractivity contribution is 6.32. The van der Waals surface area contributed by atoms with Crippen LogP contribution >= 0.6 is 0 Å². The van der Waals surface area contributed by atoms with E-state index in [9.17, 15) is 9.59 Å². The lowest BCUT2D eigenvalue weighted by atomic mass is 10.1. The third-order valence-corrected chi connectivity index (χ3v) is 4.59. The fraction of sp³-hybridized carbons (Fsp3) is 0.600. The third kappa shape index (κ3) is 6.10. The summed E-state index contributed by atoms with van der Waals surface area (Å²) in [5, 5.41) is 0. The first-order valence-corrected chi connectivity index (χ1v) is 9.56. The predicted molar refractivity (Wildman–Crippen MR) is 103 cm³/mol. The molecule has 0 atom stereocenters. The molecule has 8 heteroatoms. The van der Waals surface area contributed by atoms with Gasteiger partial charge in [-0.2, -0.15) is 0 Å². The number of ether oxygens (including phenoxy) is 4. The summed E-state index contributed by atoms with van der Waals surface area (Å²) in [4.78, 5) is 28.4. The normalized spacial score (nSPS) is 14.4. The van der Waals surface area contributed by atoms with Gasteiger partial charge in [-0.1, -0.05) is 12.1 Å². The molecule has 1 saturated heterocycles. The van der Waals surface area contributed by atoms with Crippen molar-refractivity contribution in [1.82, 2.24) is 9.80 Å². The second-order valence-electron chi connectivity index (χ2n) is 6.41. The van der Waals surface area contributed by atoms with Crippen molar-refractivity contribution in [2.24, 2.45) is 0 Å². The first kappa shape index (κ1) is 22.0. The lowest BCUT2D eigenvalue weighted by molar-refractivity contribution is -0.160. The highest BCUT2D eigenvalue weighted by atomic mass is 16.5. The van der Waals surface area contributed by atoms with Crippen LogP contribution in [0.5, 0.6) is 11.5 Å². The molecular weight excluding hydrogens is 364 g/mol. The SMILES string of the molecule is CCOC(=O)C(=O)N(CCCN1CCOCC1)Cc1cccc(OC)c1OC. The molecule has 156 valence electrons. The number of esters is 1. The van der Waals surface area contributed by atoms with Crippen LogP contribution in [0.2, 0.25) is 0 Å². The average molecular weight is 394 g/mol. The van der Waals surface area contributed by atoms with Gasteiger partial charge in [-0.3, -0.25) is 9.69 Å². The number of nitrogens with zero attached hydrogens (tertiary/aromatic N) is 2. The lowest BCUT2D eigenvalue weighted by Crippen LogP contribution is -2.41. The lowest BCUT2D eigenvalue weighted by Gasteiger charge is -2.28. The van der Waals surface area contributed by atoms with Gasteiger partial charge in [0.1, 0.15) is 0 Å². The zero-order valence-electron chi connectivity index (χ0n) is 16.9. The minimum atomic E-state index is -0.837. The van der Waals surface area contributed by atoms with E-state index in [1.807, 2.05) is 12.1 Å². The van der Waals surface area contributed by atoms with Gasteiger partial charge in [0.2, 0.25) is 0 Å². The molecule has 0 bridgehead atoms. The molecule has 1 amide bonds. The van der Waals surface area contributed by atoms with Crippen molar-refractivity contribution in [3.05, 3.63) is 23.8 Å². The summed E-state index contributed by atoms with van der Waals surface area (Å²) in [6, 6.07) is 5.48. The zero-order chi connectivity index (χ0) is 20.4. The fourth-order valence-corrected chi connectivity index (χ4v) is 3.17. The van der Waals surface area contributed by atoms with Gasteiger partial charge in [-0.15, -0.1) is 0 Å². The standard InChI is InChI=1S/C20H30N2O6/c1-4-28-20(24)19(23)22(10-6-9-21-11-13-27-14-12-21)15-16-7-5-8-17(25-2)18(16)26-3/h5,7-8H,4,6,9-15H2,1-3H3. The van der Waals surface area contributed by atoms with E-state index in [1.54, 1.807) is 27.2 Å². The van der Waals surface area contributed by atoms with Gasteiger partial charge < -0.3 is 23.8 Å². The van der Waals surface area contributed by atoms with Gasteiger partial charge in [-0.25, -0.2) is 4.79 Å². The van der Waals surface area contributed by atoms with Crippen LogP contribution in [-0.4, -0.2) is 81.9 Å². The molecule has 0 unspecified atom stereocenters. The Morgan fingerprint density at radius 2 is 1.93 bits per heavy atom. The number of morpholine rings is 1. The number of methoxy groups -OCH3 is 2. The quantitative estimate of drug-likeness (QED) is 0.462. The van der Waals surface area contributed by atoms with Crippen LogP contribution in [0.3, 0.4) is 0 Å². The number of benzene rings is 1. The van der Waals surface area contributed by atoms with Crippen LogP contribution in [0.15, 0.2) is 18.2 Å². The van der Waals surface area contributed by atoms with Crippen LogP contribution in [0.1, 0.15) is 18.9 Å². The largest absolute Gasteiger partial charge is 0.493 e. The van der Waals surface area contributed by atoms with E-state index >= 15 is 0 Å². The molecule has 8 nitrogen and oxygen atoms in total. The van der Waals surface area contributed by atoms with Crippen LogP contribution in [0.25, 0.3) is 0 Å². The summed E-state index contributed by atoms with van der Waals surface area (Å²) >= 11 is 0. The molecule has 1 fully saturated rings. The molecule has 0 aromatic heterocycles. The molecule has 1 aliphatic heterocycles. The second kappa shape index (κ2) is 11.5. The maximum Gasteiger partial charge on any atom is 0.397 e. The van der Waals surface area contributed by atoms with Crippen LogP contribution in [0.4, 0.5) is 0 Å². The molecule has 0 spiro atoms. The van der Waals surface area contributed by atoms with E-state index in [4.69, 9.17) is 18.9 Å². The van der Waals surface area contributed by atoms with Gasteiger partial charge in [0, 0.05) is 38.3 Å². The molecule has 1 aromatic rings. The van der Waals surface area contributed by atoms with Crippen LogP contribution in [0, 0.1) is 0 Å². The van der Waals surface area contributed by atoms with Crippen molar-refractivity contribution in [2.75, 3.05) is 60.2 Å². The van der Waals surface area contributed by atoms with E-state index in [1.165, 1.54) is 4.90 Å². The number of carbonyl (C=O) groups excluding carboxylic acids is 2. The number of rotatable bonds is 9. The maximum atomic E-state index is 12.6. The van der Waals surface area contributed by atoms with Crippen LogP contribution in [-0.2, 0) is 25.6 Å². The van der Waals surface area contributed by atoms with Crippen molar-refractivity contribution in [3.63, 3.8) is 0 Å². The molecule has 0 aliphatic carbocycles. The van der Waals surface area contributed by atoms with Crippen molar-refractivity contribution in [2.45, 2.75) is 19.9 Å². The van der Waals surface area contributed by atoms with Crippen molar-refractivity contribution in [3.8, 4) is 11.5 Å². The second-order valence-corrected chi connectivity index (χ2v) is 6.41. The summed E-state index contributed by atoms with van der Waals surface area (Å²) in [6.45, 7) is 6.58. The molecule has 0 saturated carbocycles. The smallest absolute Gasteiger partial charge is 0.397 e. The minimum Gasteiger partial charge on any atom is -0.493 e. The predicted octanol–water partition coefficient (Wildman–Crippen LogP) is 1.32. The Hall–Kier alpha value is -2.32. The maximum absolute atomic E-state index is 12.6.